The van der Waals surface area contributed by atoms with E-state index >= 15 is 0 Å². The number of aromatic nitrogens is 2. The number of rotatable bonds is 4. The summed E-state index contributed by atoms with van der Waals surface area (Å²) in [4.78, 5) is 19.9. The molecule has 0 radical (unpaired) electrons. The Hall–Kier alpha value is -2.23. The van der Waals surface area contributed by atoms with Crippen molar-refractivity contribution < 1.29 is 4.79 Å². The summed E-state index contributed by atoms with van der Waals surface area (Å²) in [6, 6.07) is 7.64. The fourth-order valence-corrected chi connectivity index (χ4v) is 2.34. The predicted molar refractivity (Wildman–Crippen MR) is 78.1 cm³/mol. The molecule has 2 aromatic rings. The van der Waals surface area contributed by atoms with E-state index in [1.54, 1.807) is 18.6 Å². The number of carbonyl (C=O) groups is 1. The third-order valence-electron chi connectivity index (χ3n) is 3.49. The van der Waals surface area contributed by atoms with Crippen molar-refractivity contribution in [3.63, 3.8) is 0 Å². The number of pyridine rings is 2. The molecule has 0 aliphatic rings. The number of hydrogen-bond donors (Lipinski definition) is 1. The number of carbonyl (C=O) groups excluding carboxylic acids is 1. The minimum absolute atomic E-state index is 0.0594. The molecule has 0 aromatic carbocycles. The highest BCUT2D eigenvalue weighted by atomic mass is 16.1. The number of nitrogens with zero attached hydrogens (tertiary/aromatic N) is 2. The van der Waals surface area contributed by atoms with Crippen molar-refractivity contribution in [2.24, 2.45) is 0 Å². The quantitative estimate of drug-likeness (QED) is 0.928. The van der Waals surface area contributed by atoms with E-state index in [4.69, 9.17) is 0 Å². The molecule has 1 N–H and O–H groups in total. The van der Waals surface area contributed by atoms with Gasteiger partial charge in [0.2, 0.25) is 5.91 Å². The van der Waals surface area contributed by atoms with Gasteiger partial charge in [-0.2, -0.15) is 0 Å². The first-order valence-electron chi connectivity index (χ1n) is 6.59. The van der Waals surface area contributed by atoms with Crippen LogP contribution in [0.5, 0.6) is 0 Å². The number of nitrogens with one attached hydrogen (secondary N) is 1. The van der Waals surface area contributed by atoms with Crippen LogP contribution in [-0.2, 0) is 10.2 Å². The Kier molecular flexibility index (Phi) is 4.13. The molecule has 0 aliphatic heterocycles. The third kappa shape index (κ3) is 3.02. The largest absolute Gasteiger partial charge is 0.349 e. The Morgan fingerprint density at radius 3 is 2.30 bits per heavy atom. The van der Waals surface area contributed by atoms with Gasteiger partial charge in [-0.05, 0) is 23.3 Å². The standard InChI is InChI=1S/C16H19N3O/c1-12(20)19-15(13-6-4-8-17-10-13)16(2,3)14-7-5-9-18-11-14/h4-11,15H,1-3H3,(H,19,20). The summed E-state index contributed by atoms with van der Waals surface area (Å²) < 4.78 is 0. The Morgan fingerprint density at radius 1 is 1.15 bits per heavy atom. The van der Waals surface area contributed by atoms with E-state index in [1.165, 1.54) is 6.92 Å². The van der Waals surface area contributed by atoms with Gasteiger partial charge in [-0.3, -0.25) is 14.8 Å². The van der Waals surface area contributed by atoms with Crippen LogP contribution < -0.4 is 5.32 Å². The summed E-state index contributed by atoms with van der Waals surface area (Å²) >= 11 is 0. The Balaban J connectivity index is 2.43. The molecule has 104 valence electrons. The first-order valence-corrected chi connectivity index (χ1v) is 6.59. The molecule has 0 spiro atoms. The fourth-order valence-electron chi connectivity index (χ4n) is 2.34. The van der Waals surface area contributed by atoms with Gasteiger partial charge in [0.05, 0.1) is 6.04 Å². The molecule has 4 heteroatoms. The SMILES string of the molecule is CC(=O)NC(c1cccnc1)C(C)(C)c1cccnc1. The molecule has 4 nitrogen and oxygen atoms in total. The zero-order valence-electron chi connectivity index (χ0n) is 12.0. The van der Waals surface area contributed by atoms with Crippen molar-refractivity contribution in [3.8, 4) is 0 Å². The van der Waals surface area contributed by atoms with Crippen LogP contribution in [0.25, 0.3) is 0 Å². The minimum Gasteiger partial charge on any atom is -0.349 e. The highest BCUT2D eigenvalue weighted by molar-refractivity contribution is 5.73. The lowest BCUT2D eigenvalue weighted by atomic mass is 9.75. The molecule has 1 amide bonds. The van der Waals surface area contributed by atoms with Crippen LogP contribution in [0.2, 0.25) is 0 Å². The van der Waals surface area contributed by atoms with Crippen LogP contribution in [0, 0.1) is 0 Å². The zero-order valence-corrected chi connectivity index (χ0v) is 12.0. The second kappa shape index (κ2) is 5.82. The summed E-state index contributed by atoms with van der Waals surface area (Å²) in [5.41, 5.74) is 1.77. The first-order chi connectivity index (χ1) is 9.51. The lowest BCUT2D eigenvalue weighted by Crippen LogP contribution is -2.39. The molecule has 1 unspecified atom stereocenters. The smallest absolute Gasteiger partial charge is 0.217 e. The van der Waals surface area contributed by atoms with Gasteiger partial charge in [0.1, 0.15) is 0 Å². The highest BCUT2D eigenvalue weighted by Gasteiger charge is 2.33. The second-order valence-corrected chi connectivity index (χ2v) is 5.38. The Labute approximate surface area is 119 Å². The maximum atomic E-state index is 11.6. The fraction of sp³-hybridized carbons (Fsp3) is 0.312. The third-order valence-corrected chi connectivity index (χ3v) is 3.49. The number of hydrogen-bond acceptors (Lipinski definition) is 3. The van der Waals surface area contributed by atoms with Gasteiger partial charge in [0.15, 0.2) is 0 Å². The summed E-state index contributed by atoms with van der Waals surface area (Å²) in [5, 5.41) is 3.03. The molecule has 2 heterocycles. The molecule has 1 atom stereocenters. The molecule has 0 aliphatic carbocycles. The van der Waals surface area contributed by atoms with Crippen molar-refractivity contribution >= 4 is 5.91 Å². The maximum absolute atomic E-state index is 11.6. The average Bonchev–Trinajstić information content (AvgIpc) is 2.46. The van der Waals surface area contributed by atoms with E-state index in [0.29, 0.717) is 0 Å². The van der Waals surface area contributed by atoms with E-state index in [9.17, 15) is 4.79 Å². The van der Waals surface area contributed by atoms with Crippen molar-refractivity contribution in [2.45, 2.75) is 32.2 Å². The van der Waals surface area contributed by atoms with Crippen LogP contribution in [0.3, 0.4) is 0 Å². The van der Waals surface area contributed by atoms with E-state index in [2.05, 4.69) is 29.1 Å². The van der Waals surface area contributed by atoms with Crippen LogP contribution >= 0.6 is 0 Å². The predicted octanol–water partition coefficient (Wildman–Crippen LogP) is 2.63. The van der Waals surface area contributed by atoms with Gasteiger partial charge in [0.25, 0.3) is 0 Å². The van der Waals surface area contributed by atoms with E-state index in [-0.39, 0.29) is 17.4 Å². The average molecular weight is 269 g/mol. The van der Waals surface area contributed by atoms with Crippen LogP contribution in [0.1, 0.15) is 37.9 Å². The van der Waals surface area contributed by atoms with Crippen molar-refractivity contribution in [1.82, 2.24) is 15.3 Å². The van der Waals surface area contributed by atoms with E-state index in [1.807, 2.05) is 30.5 Å². The van der Waals surface area contributed by atoms with Gasteiger partial charge in [-0.15, -0.1) is 0 Å². The second-order valence-electron chi connectivity index (χ2n) is 5.38. The lowest BCUT2D eigenvalue weighted by molar-refractivity contribution is -0.120. The minimum atomic E-state index is -0.289. The van der Waals surface area contributed by atoms with Crippen molar-refractivity contribution in [3.05, 3.63) is 60.2 Å². The number of amides is 1. The zero-order chi connectivity index (χ0) is 14.6. The van der Waals surface area contributed by atoms with Crippen molar-refractivity contribution in [2.75, 3.05) is 0 Å². The highest BCUT2D eigenvalue weighted by Crippen LogP contribution is 2.36. The lowest BCUT2D eigenvalue weighted by Gasteiger charge is -2.35. The summed E-state index contributed by atoms with van der Waals surface area (Å²) in [6.45, 7) is 5.72. The molecule has 0 saturated heterocycles. The van der Waals surface area contributed by atoms with Gasteiger partial charge in [-0.1, -0.05) is 26.0 Å². The molecular formula is C16H19N3O. The van der Waals surface area contributed by atoms with Gasteiger partial charge < -0.3 is 5.32 Å². The molecule has 20 heavy (non-hydrogen) atoms. The van der Waals surface area contributed by atoms with Gasteiger partial charge in [0, 0.05) is 37.1 Å². The Morgan fingerprint density at radius 2 is 1.80 bits per heavy atom. The first kappa shape index (κ1) is 14.2. The van der Waals surface area contributed by atoms with Crippen molar-refractivity contribution in [1.29, 1.82) is 0 Å². The summed E-state index contributed by atoms with van der Waals surface area (Å²) in [6.07, 6.45) is 7.10. The normalized spacial score (nSPS) is 12.8. The molecular weight excluding hydrogens is 250 g/mol. The van der Waals surface area contributed by atoms with Crippen LogP contribution in [-0.4, -0.2) is 15.9 Å². The Bertz CT molecular complexity index is 567. The van der Waals surface area contributed by atoms with E-state index in [0.717, 1.165) is 11.1 Å². The monoisotopic (exact) mass is 269 g/mol. The van der Waals surface area contributed by atoms with Crippen LogP contribution in [0.4, 0.5) is 0 Å². The maximum Gasteiger partial charge on any atom is 0.217 e. The van der Waals surface area contributed by atoms with Gasteiger partial charge >= 0.3 is 0 Å². The molecule has 2 aromatic heterocycles. The van der Waals surface area contributed by atoms with Gasteiger partial charge in [-0.25, -0.2) is 0 Å². The summed E-state index contributed by atoms with van der Waals surface area (Å²) in [7, 11) is 0. The molecule has 0 saturated carbocycles. The molecule has 2 rings (SSSR count). The van der Waals surface area contributed by atoms with E-state index < -0.39 is 0 Å². The molecule has 0 fully saturated rings. The topological polar surface area (TPSA) is 54.9 Å². The summed E-state index contributed by atoms with van der Waals surface area (Å²) in [5.74, 6) is -0.0594. The molecule has 0 bridgehead atoms. The van der Waals surface area contributed by atoms with Crippen LogP contribution in [0.15, 0.2) is 49.1 Å².